The van der Waals surface area contributed by atoms with E-state index in [2.05, 4.69) is 24.1 Å². The summed E-state index contributed by atoms with van der Waals surface area (Å²) < 4.78 is 28.3. The standard InChI is InChI=1S/C19H28N4O3S/c1-15(2)14-17-21-18(16-8-4-7-12-23(16)17)19(24)20-9-13-27(25,26)22-10-5-3-6-11-22/h4,7-8,12,15H,3,5-6,9-11,13-14H2,1-2H3,(H,20,24). The van der Waals surface area contributed by atoms with Crippen LogP contribution >= 0.6 is 0 Å². The van der Waals surface area contributed by atoms with E-state index < -0.39 is 10.0 Å². The first-order chi connectivity index (χ1) is 12.9. The molecule has 148 valence electrons. The maximum absolute atomic E-state index is 12.6. The number of pyridine rings is 1. The molecule has 2 aromatic heterocycles. The van der Waals surface area contributed by atoms with Gasteiger partial charge in [0.15, 0.2) is 5.69 Å². The van der Waals surface area contributed by atoms with Crippen LogP contribution in [0.1, 0.15) is 49.4 Å². The van der Waals surface area contributed by atoms with Gasteiger partial charge in [0, 0.05) is 32.3 Å². The molecular formula is C19H28N4O3S. The zero-order chi connectivity index (χ0) is 19.4. The largest absolute Gasteiger partial charge is 0.350 e. The van der Waals surface area contributed by atoms with Crippen molar-refractivity contribution in [3.05, 3.63) is 35.9 Å². The Kier molecular flexibility index (Phi) is 6.16. The number of hydrogen-bond donors (Lipinski definition) is 1. The Morgan fingerprint density at radius 1 is 1.22 bits per heavy atom. The molecule has 3 heterocycles. The van der Waals surface area contributed by atoms with Crippen LogP contribution in [0.15, 0.2) is 24.4 Å². The SMILES string of the molecule is CC(C)Cc1nc(C(=O)NCCS(=O)(=O)N2CCCCC2)c2ccccn12. The Bertz CT molecular complexity index is 899. The molecule has 0 unspecified atom stereocenters. The highest BCUT2D eigenvalue weighted by atomic mass is 32.2. The average Bonchev–Trinajstić information content (AvgIpc) is 3.00. The van der Waals surface area contributed by atoms with E-state index >= 15 is 0 Å². The van der Waals surface area contributed by atoms with Crippen LogP contribution in [0.2, 0.25) is 0 Å². The van der Waals surface area contributed by atoms with Crippen molar-refractivity contribution in [2.75, 3.05) is 25.4 Å². The third-order valence-electron chi connectivity index (χ3n) is 4.78. The number of aromatic nitrogens is 2. The molecule has 1 N–H and O–H groups in total. The summed E-state index contributed by atoms with van der Waals surface area (Å²) in [5, 5.41) is 2.73. The van der Waals surface area contributed by atoms with E-state index in [1.807, 2.05) is 28.8 Å². The quantitative estimate of drug-likeness (QED) is 0.782. The molecule has 2 aromatic rings. The summed E-state index contributed by atoms with van der Waals surface area (Å²) >= 11 is 0. The van der Waals surface area contributed by atoms with Crippen molar-refractivity contribution < 1.29 is 13.2 Å². The lowest BCUT2D eigenvalue weighted by Gasteiger charge is -2.25. The number of fused-ring (bicyclic) bond motifs is 1. The Hall–Kier alpha value is -1.93. The molecule has 1 saturated heterocycles. The van der Waals surface area contributed by atoms with Gasteiger partial charge in [-0.2, -0.15) is 0 Å². The van der Waals surface area contributed by atoms with Crippen LogP contribution in [0.3, 0.4) is 0 Å². The molecule has 0 aliphatic carbocycles. The maximum atomic E-state index is 12.6. The van der Waals surface area contributed by atoms with Gasteiger partial charge in [-0.15, -0.1) is 0 Å². The van der Waals surface area contributed by atoms with E-state index in [0.717, 1.165) is 37.0 Å². The molecule has 0 atom stereocenters. The van der Waals surface area contributed by atoms with Gasteiger partial charge in [-0.05, 0) is 30.9 Å². The minimum absolute atomic E-state index is 0.0800. The van der Waals surface area contributed by atoms with E-state index in [0.29, 0.717) is 24.7 Å². The number of carbonyl (C=O) groups excluding carboxylic acids is 1. The predicted molar refractivity (Wildman–Crippen MR) is 105 cm³/mol. The summed E-state index contributed by atoms with van der Waals surface area (Å²) in [5.74, 6) is 0.847. The monoisotopic (exact) mass is 392 g/mol. The van der Waals surface area contributed by atoms with Crippen molar-refractivity contribution in [2.24, 2.45) is 5.92 Å². The molecule has 1 amide bonds. The second-order valence-corrected chi connectivity index (χ2v) is 9.55. The molecule has 0 saturated carbocycles. The number of piperidine rings is 1. The van der Waals surface area contributed by atoms with Crippen molar-refractivity contribution in [1.82, 2.24) is 19.0 Å². The Morgan fingerprint density at radius 3 is 2.67 bits per heavy atom. The molecule has 0 bridgehead atoms. The van der Waals surface area contributed by atoms with Crippen molar-refractivity contribution >= 4 is 21.4 Å². The zero-order valence-electron chi connectivity index (χ0n) is 16.0. The lowest BCUT2D eigenvalue weighted by atomic mass is 10.1. The second-order valence-electron chi connectivity index (χ2n) is 7.46. The van der Waals surface area contributed by atoms with E-state index in [9.17, 15) is 13.2 Å². The highest BCUT2D eigenvalue weighted by Crippen LogP contribution is 2.16. The molecule has 0 spiro atoms. The lowest BCUT2D eigenvalue weighted by molar-refractivity contribution is 0.0953. The smallest absolute Gasteiger partial charge is 0.272 e. The zero-order valence-corrected chi connectivity index (χ0v) is 16.8. The molecule has 0 aromatic carbocycles. The highest BCUT2D eigenvalue weighted by molar-refractivity contribution is 7.89. The van der Waals surface area contributed by atoms with Crippen LogP contribution in [-0.4, -0.2) is 53.4 Å². The Morgan fingerprint density at radius 2 is 1.96 bits per heavy atom. The summed E-state index contributed by atoms with van der Waals surface area (Å²) in [6.07, 6.45) is 5.56. The van der Waals surface area contributed by atoms with E-state index in [4.69, 9.17) is 0 Å². The number of hydrogen-bond acceptors (Lipinski definition) is 4. The molecule has 1 aliphatic rings. The first kappa shape index (κ1) is 19.8. The third-order valence-corrected chi connectivity index (χ3v) is 6.65. The maximum Gasteiger partial charge on any atom is 0.272 e. The number of amides is 1. The van der Waals surface area contributed by atoms with Gasteiger partial charge >= 0.3 is 0 Å². The summed E-state index contributed by atoms with van der Waals surface area (Å²) in [6.45, 7) is 5.47. The third kappa shape index (κ3) is 4.68. The molecule has 3 rings (SSSR count). The van der Waals surface area contributed by atoms with Gasteiger partial charge in [0.25, 0.3) is 5.91 Å². The normalized spacial score (nSPS) is 16.1. The van der Waals surface area contributed by atoms with Crippen molar-refractivity contribution in [3.63, 3.8) is 0 Å². The summed E-state index contributed by atoms with van der Waals surface area (Å²) in [7, 11) is -3.32. The number of imidazole rings is 1. The molecule has 27 heavy (non-hydrogen) atoms. The number of nitrogens with one attached hydrogen (secondary N) is 1. The minimum atomic E-state index is -3.32. The molecule has 0 radical (unpaired) electrons. The summed E-state index contributed by atoms with van der Waals surface area (Å²) in [6, 6.07) is 5.63. The summed E-state index contributed by atoms with van der Waals surface area (Å²) in [5.41, 5.74) is 1.09. The molecular weight excluding hydrogens is 364 g/mol. The van der Waals surface area contributed by atoms with Gasteiger partial charge in [-0.1, -0.05) is 26.3 Å². The van der Waals surface area contributed by atoms with Crippen LogP contribution in [0.25, 0.3) is 5.52 Å². The fraction of sp³-hybridized carbons (Fsp3) is 0.579. The van der Waals surface area contributed by atoms with Crippen molar-refractivity contribution in [3.8, 4) is 0 Å². The summed E-state index contributed by atoms with van der Waals surface area (Å²) in [4.78, 5) is 17.1. The first-order valence-electron chi connectivity index (χ1n) is 9.60. The number of carbonyl (C=O) groups is 1. The van der Waals surface area contributed by atoms with Crippen LogP contribution in [0, 0.1) is 5.92 Å². The van der Waals surface area contributed by atoms with Gasteiger partial charge in [-0.3, -0.25) is 4.79 Å². The Balaban J connectivity index is 1.67. The van der Waals surface area contributed by atoms with Crippen molar-refractivity contribution in [2.45, 2.75) is 39.5 Å². The van der Waals surface area contributed by atoms with Gasteiger partial charge in [0.2, 0.25) is 10.0 Å². The number of rotatable bonds is 7. The van der Waals surface area contributed by atoms with Crippen LogP contribution in [-0.2, 0) is 16.4 Å². The lowest BCUT2D eigenvalue weighted by Crippen LogP contribution is -2.40. The second kappa shape index (κ2) is 8.39. The average molecular weight is 393 g/mol. The van der Waals surface area contributed by atoms with E-state index in [1.165, 1.54) is 4.31 Å². The Labute approximate surface area is 160 Å². The van der Waals surface area contributed by atoms with Crippen LogP contribution < -0.4 is 5.32 Å². The topological polar surface area (TPSA) is 83.8 Å². The van der Waals surface area contributed by atoms with Gasteiger partial charge < -0.3 is 9.72 Å². The fourth-order valence-electron chi connectivity index (χ4n) is 3.43. The molecule has 7 nitrogen and oxygen atoms in total. The molecule has 1 aliphatic heterocycles. The van der Waals surface area contributed by atoms with Gasteiger partial charge in [0.1, 0.15) is 5.82 Å². The fourth-order valence-corrected chi connectivity index (χ4v) is 4.86. The first-order valence-corrected chi connectivity index (χ1v) is 11.2. The van der Waals surface area contributed by atoms with Gasteiger partial charge in [0.05, 0.1) is 11.3 Å². The van der Waals surface area contributed by atoms with E-state index in [-0.39, 0.29) is 18.2 Å². The predicted octanol–water partition coefficient (Wildman–Crippen LogP) is 2.08. The van der Waals surface area contributed by atoms with Crippen LogP contribution in [0.4, 0.5) is 0 Å². The number of sulfonamides is 1. The van der Waals surface area contributed by atoms with Gasteiger partial charge in [-0.25, -0.2) is 17.7 Å². The molecule has 8 heteroatoms. The minimum Gasteiger partial charge on any atom is -0.350 e. The van der Waals surface area contributed by atoms with Crippen molar-refractivity contribution in [1.29, 1.82) is 0 Å². The van der Waals surface area contributed by atoms with E-state index in [1.54, 1.807) is 0 Å². The van der Waals surface area contributed by atoms with Crippen LogP contribution in [0.5, 0.6) is 0 Å². The highest BCUT2D eigenvalue weighted by Gasteiger charge is 2.24. The molecule has 1 fully saturated rings. The number of nitrogens with zero attached hydrogens (tertiary/aromatic N) is 3.